The van der Waals surface area contributed by atoms with E-state index in [-0.39, 0.29) is 6.61 Å². The van der Waals surface area contributed by atoms with Crippen LogP contribution >= 0.6 is 0 Å². The van der Waals surface area contributed by atoms with Crippen LogP contribution in [0.15, 0.2) is 0 Å². The number of nitrogens with one attached hydrogen (secondary N) is 1. The normalized spacial score (nSPS) is 15.1. The van der Waals surface area contributed by atoms with Crippen molar-refractivity contribution in [3.8, 4) is 0 Å². The lowest BCUT2D eigenvalue weighted by atomic mass is 10.0. The van der Waals surface area contributed by atoms with Crippen molar-refractivity contribution in [3.05, 3.63) is 0 Å². The fourth-order valence-electron chi connectivity index (χ4n) is 1.34. The van der Waals surface area contributed by atoms with E-state index in [1.807, 2.05) is 0 Å². The Labute approximate surface area is 99.4 Å². The fraction of sp³-hybridized carbons (Fsp3) is 1.00. The van der Waals surface area contributed by atoms with E-state index < -0.39 is 14.6 Å². The van der Waals surface area contributed by atoms with Crippen molar-refractivity contribution in [2.75, 3.05) is 26.0 Å². The van der Waals surface area contributed by atoms with Gasteiger partial charge in [0.25, 0.3) is 0 Å². The average Bonchev–Trinajstić information content (AvgIpc) is 2.14. The third kappa shape index (κ3) is 5.27. The number of aliphatic hydroxyl groups is 1. The van der Waals surface area contributed by atoms with E-state index in [1.54, 1.807) is 13.8 Å². The minimum absolute atomic E-state index is 0.190. The van der Waals surface area contributed by atoms with Crippen LogP contribution < -0.4 is 5.32 Å². The van der Waals surface area contributed by atoms with Gasteiger partial charge in [-0.25, -0.2) is 8.42 Å². The maximum atomic E-state index is 11.4. The number of aliphatic hydroxyl groups excluding tert-OH is 1. The molecule has 0 rings (SSSR count). The second-order valence-corrected chi connectivity index (χ2v) is 7.60. The van der Waals surface area contributed by atoms with Crippen molar-refractivity contribution in [1.29, 1.82) is 0 Å². The second kappa shape index (κ2) is 6.57. The van der Waals surface area contributed by atoms with Crippen LogP contribution in [0, 0.1) is 5.92 Å². The zero-order chi connectivity index (χ0) is 12.8. The molecule has 0 aromatic heterocycles. The third-order valence-corrected chi connectivity index (χ3v) is 5.25. The largest absolute Gasteiger partial charge is 0.396 e. The summed E-state index contributed by atoms with van der Waals surface area (Å²) in [7, 11) is -3.03. The van der Waals surface area contributed by atoms with E-state index >= 15 is 0 Å². The van der Waals surface area contributed by atoms with Crippen LogP contribution in [0.3, 0.4) is 0 Å². The van der Waals surface area contributed by atoms with Crippen LogP contribution in [0.4, 0.5) is 0 Å². The Hall–Kier alpha value is -0.130. The van der Waals surface area contributed by atoms with Gasteiger partial charge in [0, 0.05) is 19.4 Å². The Morgan fingerprint density at radius 2 is 1.94 bits per heavy atom. The summed E-state index contributed by atoms with van der Waals surface area (Å²) < 4.78 is 22.2. The zero-order valence-electron chi connectivity index (χ0n) is 10.8. The van der Waals surface area contributed by atoms with Crippen LogP contribution in [0.1, 0.15) is 33.6 Å². The summed E-state index contributed by atoms with van der Waals surface area (Å²) in [6, 6.07) is 0. The first-order valence-electron chi connectivity index (χ1n) is 5.75. The molecule has 16 heavy (non-hydrogen) atoms. The van der Waals surface area contributed by atoms with Crippen LogP contribution in [-0.2, 0) is 9.84 Å². The molecule has 0 aliphatic rings. The summed E-state index contributed by atoms with van der Waals surface area (Å²) in [6.45, 7) is 6.92. The topological polar surface area (TPSA) is 66.4 Å². The first kappa shape index (κ1) is 15.9. The minimum atomic E-state index is -3.03. The molecule has 1 unspecified atom stereocenters. The molecule has 0 fully saturated rings. The lowest BCUT2D eigenvalue weighted by Crippen LogP contribution is -2.43. The summed E-state index contributed by atoms with van der Waals surface area (Å²) in [5.74, 6) is 0.417. The van der Waals surface area contributed by atoms with Crippen LogP contribution in [0.2, 0.25) is 0 Å². The Morgan fingerprint density at radius 3 is 2.31 bits per heavy atom. The lowest BCUT2D eigenvalue weighted by molar-refractivity contribution is 0.250. The lowest BCUT2D eigenvalue weighted by Gasteiger charge is -2.24. The summed E-state index contributed by atoms with van der Waals surface area (Å²) in [5.41, 5.74) is 0. The first-order chi connectivity index (χ1) is 7.24. The molecular weight excluding hydrogens is 226 g/mol. The molecule has 2 N–H and O–H groups in total. The highest BCUT2D eigenvalue weighted by molar-refractivity contribution is 7.92. The van der Waals surface area contributed by atoms with Gasteiger partial charge in [-0.3, -0.25) is 0 Å². The quantitative estimate of drug-likeness (QED) is 0.670. The van der Waals surface area contributed by atoms with E-state index in [9.17, 15) is 8.42 Å². The molecule has 0 aromatic carbocycles. The average molecular weight is 251 g/mol. The van der Waals surface area contributed by atoms with Crippen molar-refractivity contribution >= 4 is 9.84 Å². The maximum Gasteiger partial charge on any atom is 0.153 e. The molecule has 1 atom stereocenters. The Morgan fingerprint density at radius 1 is 1.38 bits per heavy atom. The predicted octanol–water partition coefficient (Wildman–Crippen LogP) is 0.808. The van der Waals surface area contributed by atoms with Gasteiger partial charge in [-0.2, -0.15) is 0 Å². The standard InChI is InChI=1S/C11H25NO3S/c1-5-10(6-7-13)8-12-9-11(2,3)16(4,14)15/h10,12-13H,5-9H2,1-4H3. The predicted molar refractivity (Wildman–Crippen MR) is 67.3 cm³/mol. The highest BCUT2D eigenvalue weighted by Gasteiger charge is 2.29. The van der Waals surface area contributed by atoms with Gasteiger partial charge < -0.3 is 10.4 Å². The van der Waals surface area contributed by atoms with E-state index in [0.29, 0.717) is 12.5 Å². The molecule has 4 nitrogen and oxygen atoms in total. The van der Waals surface area contributed by atoms with Gasteiger partial charge in [-0.05, 0) is 32.7 Å². The molecule has 0 bridgehead atoms. The fourth-order valence-corrected chi connectivity index (χ4v) is 1.71. The monoisotopic (exact) mass is 251 g/mol. The molecular formula is C11H25NO3S. The Bertz CT molecular complexity index is 286. The van der Waals surface area contributed by atoms with Crippen molar-refractivity contribution in [2.45, 2.75) is 38.4 Å². The SMILES string of the molecule is CCC(CCO)CNCC(C)(C)S(C)(=O)=O. The molecule has 98 valence electrons. The Balaban J connectivity index is 4.07. The molecule has 0 heterocycles. The molecule has 0 radical (unpaired) electrons. The molecule has 0 aromatic rings. The number of hydrogen-bond acceptors (Lipinski definition) is 4. The number of sulfone groups is 1. The van der Waals surface area contributed by atoms with Gasteiger partial charge in [0.1, 0.15) is 0 Å². The summed E-state index contributed by atoms with van der Waals surface area (Å²) in [5, 5.41) is 12.0. The van der Waals surface area contributed by atoms with Gasteiger partial charge in [-0.1, -0.05) is 13.3 Å². The van der Waals surface area contributed by atoms with Gasteiger partial charge in [0.05, 0.1) is 4.75 Å². The number of hydrogen-bond donors (Lipinski definition) is 2. The number of rotatable bonds is 8. The third-order valence-electron chi connectivity index (χ3n) is 3.10. The van der Waals surface area contributed by atoms with Gasteiger partial charge >= 0.3 is 0 Å². The molecule has 0 amide bonds. The molecule has 0 aliphatic heterocycles. The van der Waals surface area contributed by atoms with Crippen molar-refractivity contribution in [2.24, 2.45) is 5.92 Å². The van der Waals surface area contributed by atoms with Crippen LogP contribution in [-0.4, -0.2) is 44.2 Å². The van der Waals surface area contributed by atoms with Crippen molar-refractivity contribution in [3.63, 3.8) is 0 Å². The van der Waals surface area contributed by atoms with E-state index in [0.717, 1.165) is 19.4 Å². The first-order valence-corrected chi connectivity index (χ1v) is 7.65. The highest BCUT2D eigenvalue weighted by Crippen LogP contribution is 2.14. The van der Waals surface area contributed by atoms with Gasteiger partial charge in [0.2, 0.25) is 0 Å². The van der Waals surface area contributed by atoms with Crippen molar-refractivity contribution < 1.29 is 13.5 Å². The van der Waals surface area contributed by atoms with E-state index in [4.69, 9.17) is 5.11 Å². The molecule has 0 aliphatic carbocycles. The summed E-state index contributed by atoms with van der Waals surface area (Å²) >= 11 is 0. The van der Waals surface area contributed by atoms with Gasteiger partial charge in [0.15, 0.2) is 9.84 Å². The van der Waals surface area contributed by atoms with E-state index in [1.165, 1.54) is 6.26 Å². The molecule has 0 saturated heterocycles. The molecule has 0 saturated carbocycles. The van der Waals surface area contributed by atoms with Crippen LogP contribution in [0.5, 0.6) is 0 Å². The van der Waals surface area contributed by atoms with Crippen molar-refractivity contribution in [1.82, 2.24) is 5.32 Å². The minimum Gasteiger partial charge on any atom is -0.396 e. The zero-order valence-corrected chi connectivity index (χ0v) is 11.6. The second-order valence-electron chi connectivity index (χ2n) is 4.95. The molecule has 5 heteroatoms. The summed E-state index contributed by atoms with van der Waals surface area (Å²) in [6.07, 6.45) is 3.02. The van der Waals surface area contributed by atoms with Gasteiger partial charge in [-0.15, -0.1) is 0 Å². The Kier molecular flexibility index (Phi) is 6.51. The maximum absolute atomic E-state index is 11.4. The smallest absolute Gasteiger partial charge is 0.153 e. The summed E-state index contributed by atoms with van der Waals surface area (Å²) in [4.78, 5) is 0. The van der Waals surface area contributed by atoms with Crippen LogP contribution in [0.25, 0.3) is 0 Å². The molecule has 0 spiro atoms. The van der Waals surface area contributed by atoms with E-state index in [2.05, 4.69) is 12.2 Å². The highest BCUT2D eigenvalue weighted by atomic mass is 32.2.